The molecule has 0 aliphatic rings. The fourth-order valence-corrected chi connectivity index (χ4v) is 1.15. The molecule has 0 radical (unpaired) electrons. The molecule has 0 aliphatic carbocycles. The molecule has 0 aliphatic heterocycles. The molecular formula is C10H19ClN2O3. The van der Waals surface area contributed by atoms with Crippen LogP contribution in [0.4, 0.5) is 0 Å². The number of ether oxygens (including phenoxy) is 1. The third-order valence-corrected chi connectivity index (χ3v) is 2.11. The number of carbonyl (C=O) groups is 2. The molecule has 16 heavy (non-hydrogen) atoms. The summed E-state index contributed by atoms with van der Waals surface area (Å²) in [6.45, 7) is 1.35. The highest BCUT2D eigenvalue weighted by Gasteiger charge is 2.03. The second kappa shape index (κ2) is 10.7. The minimum absolute atomic E-state index is 0.0645. The molecule has 0 rings (SSSR count). The first kappa shape index (κ1) is 15.2. The van der Waals surface area contributed by atoms with Crippen LogP contribution in [0, 0.1) is 0 Å². The summed E-state index contributed by atoms with van der Waals surface area (Å²) in [6.07, 6.45) is 1.36. The highest BCUT2D eigenvalue weighted by molar-refractivity contribution is 6.17. The Hall–Kier alpha value is -0.810. The highest BCUT2D eigenvalue weighted by atomic mass is 35.5. The summed E-state index contributed by atoms with van der Waals surface area (Å²) in [5.74, 6) is 0.324. The number of rotatable bonds is 9. The maximum atomic E-state index is 11.2. The van der Waals surface area contributed by atoms with Crippen molar-refractivity contribution in [2.45, 2.75) is 19.3 Å². The van der Waals surface area contributed by atoms with Crippen LogP contribution in [0.3, 0.4) is 0 Å². The lowest BCUT2D eigenvalue weighted by Gasteiger charge is -2.05. The lowest BCUT2D eigenvalue weighted by molar-refractivity contribution is -0.122. The zero-order valence-electron chi connectivity index (χ0n) is 9.55. The summed E-state index contributed by atoms with van der Waals surface area (Å²) in [6, 6.07) is 0. The van der Waals surface area contributed by atoms with Gasteiger partial charge in [-0.3, -0.25) is 9.59 Å². The summed E-state index contributed by atoms with van der Waals surface area (Å²) >= 11 is 5.45. The van der Waals surface area contributed by atoms with Crippen molar-refractivity contribution in [1.29, 1.82) is 0 Å². The predicted octanol–water partition coefficient (Wildman–Crippen LogP) is 0.274. The minimum Gasteiger partial charge on any atom is -0.383 e. The van der Waals surface area contributed by atoms with Crippen molar-refractivity contribution >= 4 is 23.4 Å². The number of halogens is 1. The van der Waals surface area contributed by atoms with Crippen LogP contribution in [0.15, 0.2) is 0 Å². The van der Waals surface area contributed by atoms with Crippen LogP contribution >= 0.6 is 11.6 Å². The van der Waals surface area contributed by atoms with Gasteiger partial charge in [0.25, 0.3) is 0 Å². The van der Waals surface area contributed by atoms with E-state index >= 15 is 0 Å². The summed E-state index contributed by atoms with van der Waals surface area (Å²) in [7, 11) is 1.57. The summed E-state index contributed by atoms with van der Waals surface area (Å²) < 4.78 is 4.78. The molecule has 5 nitrogen and oxygen atoms in total. The summed E-state index contributed by atoms with van der Waals surface area (Å²) in [4.78, 5) is 22.3. The van der Waals surface area contributed by atoms with Gasteiger partial charge in [-0.2, -0.15) is 0 Å². The predicted molar refractivity (Wildman–Crippen MR) is 62.5 cm³/mol. The van der Waals surface area contributed by atoms with Gasteiger partial charge in [0.2, 0.25) is 11.8 Å². The van der Waals surface area contributed by atoms with E-state index in [0.29, 0.717) is 38.4 Å². The third-order valence-electron chi connectivity index (χ3n) is 1.84. The molecule has 0 atom stereocenters. The number of nitrogens with one attached hydrogen (secondary N) is 2. The molecule has 0 saturated carbocycles. The number of methoxy groups -OCH3 is 1. The van der Waals surface area contributed by atoms with Crippen LogP contribution in [0.1, 0.15) is 19.3 Å². The van der Waals surface area contributed by atoms with Crippen molar-refractivity contribution in [3.05, 3.63) is 0 Å². The molecule has 0 unspecified atom stereocenters. The van der Waals surface area contributed by atoms with Crippen molar-refractivity contribution in [2.24, 2.45) is 0 Å². The van der Waals surface area contributed by atoms with Gasteiger partial charge < -0.3 is 15.4 Å². The topological polar surface area (TPSA) is 67.4 Å². The SMILES string of the molecule is COCCNC(=O)CCNC(=O)CCCCl. The maximum Gasteiger partial charge on any atom is 0.221 e. The van der Waals surface area contributed by atoms with E-state index in [0.717, 1.165) is 0 Å². The van der Waals surface area contributed by atoms with E-state index in [-0.39, 0.29) is 18.2 Å². The van der Waals surface area contributed by atoms with Crippen molar-refractivity contribution < 1.29 is 14.3 Å². The first-order valence-electron chi connectivity index (χ1n) is 5.29. The maximum absolute atomic E-state index is 11.2. The quantitative estimate of drug-likeness (QED) is 0.456. The standard InChI is InChI=1S/C10H19ClN2O3/c1-16-8-7-13-10(15)4-6-12-9(14)3-2-5-11/h2-8H2,1H3,(H,12,14)(H,13,15). The molecule has 2 N–H and O–H groups in total. The molecule has 0 spiro atoms. The van der Waals surface area contributed by atoms with Crippen LogP contribution in [0.25, 0.3) is 0 Å². The molecule has 6 heteroatoms. The Bertz CT molecular complexity index is 212. The largest absolute Gasteiger partial charge is 0.383 e. The molecular weight excluding hydrogens is 232 g/mol. The first-order valence-corrected chi connectivity index (χ1v) is 5.82. The Morgan fingerprint density at radius 3 is 2.38 bits per heavy atom. The van der Waals surface area contributed by atoms with Crippen LogP contribution in [-0.4, -0.2) is 44.5 Å². The average Bonchev–Trinajstić information content (AvgIpc) is 2.26. The molecule has 0 aromatic rings. The summed E-state index contributed by atoms with van der Waals surface area (Å²) in [5, 5.41) is 5.31. The number of hydrogen-bond acceptors (Lipinski definition) is 3. The fourth-order valence-electron chi connectivity index (χ4n) is 1.01. The monoisotopic (exact) mass is 250 g/mol. The van der Waals surface area contributed by atoms with Crippen LogP contribution in [0.2, 0.25) is 0 Å². The van der Waals surface area contributed by atoms with Crippen molar-refractivity contribution in [3.63, 3.8) is 0 Å². The van der Waals surface area contributed by atoms with E-state index in [9.17, 15) is 9.59 Å². The van der Waals surface area contributed by atoms with E-state index < -0.39 is 0 Å². The van der Waals surface area contributed by atoms with Gasteiger partial charge in [0.05, 0.1) is 6.61 Å². The Kier molecular flexibility index (Phi) is 10.2. The molecule has 0 fully saturated rings. The summed E-state index contributed by atoms with van der Waals surface area (Å²) in [5.41, 5.74) is 0. The zero-order valence-corrected chi connectivity index (χ0v) is 10.3. The van der Waals surface area contributed by atoms with E-state index in [4.69, 9.17) is 16.3 Å². The molecule has 0 heterocycles. The van der Waals surface area contributed by atoms with Crippen molar-refractivity contribution in [2.75, 3.05) is 32.7 Å². The number of hydrogen-bond donors (Lipinski definition) is 2. The second-order valence-corrected chi connectivity index (χ2v) is 3.61. The Labute approximate surface area is 101 Å². The van der Waals surface area contributed by atoms with E-state index in [1.165, 1.54) is 0 Å². The van der Waals surface area contributed by atoms with Gasteiger partial charge in [0.15, 0.2) is 0 Å². The van der Waals surface area contributed by atoms with E-state index in [1.807, 2.05) is 0 Å². The Morgan fingerprint density at radius 1 is 1.12 bits per heavy atom. The zero-order chi connectivity index (χ0) is 12.2. The lowest BCUT2D eigenvalue weighted by atomic mass is 10.3. The van der Waals surface area contributed by atoms with E-state index in [2.05, 4.69) is 10.6 Å². The van der Waals surface area contributed by atoms with Crippen LogP contribution in [-0.2, 0) is 14.3 Å². The Morgan fingerprint density at radius 2 is 1.75 bits per heavy atom. The van der Waals surface area contributed by atoms with Crippen LogP contribution < -0.4 is 10.6 Å². The molecule has 0 saturated heterocycles. The van der Waals surface area contributed by atoms with Gasteiger partial charge in [-0.25, -0.2) is 0 Å². The normalized spacial score (nSPS) is 9.88. The highest BCUT2D eigenvalue weighted by Crippen LogP contribution is 1.91. The van der Waals surface area contributed by atoms with Crippen molar-refractivity contribution in [1.82, 2.24) is 10.6 Å². The minimum atomic E-state index is -0.0882. The smallest absolute Gasteiger partial charge is 0.221 e. The molecule has 94 valence electrons. The second-order valence-electron chi connectivity index (χ2n) is 3.24. The molecule has 0 aromatic heterocycles. The third kappa shape index (κ3) is 9.73. The van der Waals surface area contributed by atoms with E-state index in [1.54, 1.807) is 7.11 Å². The average molecular weight is 251 g/mol. The van der Waals surface area contributed by atoms with Gasteiger partial charge in [0, 0.05) is 38.9 Å². The molecule has 2 amide bonds. The first-order chi connectivity index (χ1) is 7.70. The van der Waals surface area contributed by atoms with Crippen molar-refractivity contribution in [3.8, 4) is 0 Å². The number of alkyl halides is 1. The number of carbonyl (C=O) groups excluding carboxylic acids is 2. The number of amides is 2. The van der Waals surface area contributed by atoms with Gasteiger partial charge in [0.1, 0.15) is 0 Å². The Balaban J connectivity index is 3.36. The van der Waals surface area contributed by atoms with Gasteiger partial charge >= 0.3 is 0 Å². The fraction of sp³-hybridized carbons (Fsp3) is 0.800. The van der Waals surface area contributed by atoms with Gasteiger partial charge in [-0.05, 0) is 6.42 Å². The molecule has 0 bridgehead atoms. The van der Waals surface area contributed by atoms with Gasteiger partial charge in [-0.1, -0.05) is 0 Å². The lowest BCUT2D eigenvalue weighted by Crippen LogP contribution is -2.32. The van der Waals surface area contributed by atoms with Crippen LogP contribution in [0.5, 0.6) is 0 Å². The van der Waals surface area contributed by atoms with Gasteiger partial charge in [-0.15, -0.1) is 11.6 Å². The molecule has 0 aromatic carbocycles.